The van der Waals surface area contributed by atoms with Gasteiger partial charge >= 0.3 is 0 Å². The number of hydrogen-bond acceptors (Lipinski definition) is 2. The van der Waals surface area contributed by atoms with E-state index in [1.165, 1.54) is 30.4 Å². The fourth-order valence-corrected chi connectivity index (χ4v) is 3.31. The number of aryl methyl sites for hydroxylation is 1. The van der Waals surface area contributed by atoms with Crippen molar-refractivity contribution in [2.45, 2.75) is 38.1 Å². The van der Waals surface area contributed by atoms with Gasteiger partial charge in [-0.2, -0.15) is 0 Å². The van der Waals surface area contributed by atoms with Crippen LogP contribution in [0.5, 0.6) is 0 Å². The largest absolute Gasteiger partial charge is 0.356 e. The van der Waals surface area contributed by atoms with E-state index >= 15 is 0 Å². The molecule has 1 saturated carbocycles. The van der Waals surface area contributed by atoms with Gasteiger partial charge in [0.1, 0.15) is 0 Å². The van der Waals surface area contributed by atoms with Gasteiger partial charge in [0.15, 0.2) is 5.96 Å². The summed E-state index contributed by atoms with van der Waals surface area (Å²) in [6, 6.07) is 14.9. The molecule has 5 heteroatoms. The zero-order valence-corrected chi connectivity index (χ0v) is 17.3. The zero-order valence-electron chi connectivity index (χ0n) is 15.0. The molecule has 0 spiro atoms. The van der Waals surface area contributed by atoms with Crippen LogP contribution in [0.2, 0.25) is 0 Å². The molecule has 2 N–H and O–H groups in total. The van der Waals surface area contributed by atoms with E-state index in [1.54, 1.807) is 0 Å². The Morgan fingerprint density at radius 1 is 1.12 bits per heavy atom. The predicted molar refractivity (Wildman–Crippen MR) is 115 cm³/mol. The maximum Gasteiger partial charge on any atom is 0.191 e. The van der Waals surface area contributed by atoms with E-state index < -0.39 is 0 Å². The van der Waals surface area contributed by atoms with Gasteiger partial charge in [0.25, 0.3) is 0 Å². The quantitative estimate of drug-likeness (QED) is 0.414. The molecule has 4 nitrogen and oxygen atoms in total. The third-order valence-corrected chi connectivity index (χ3v) is 5.06. The molecule has 0 bridgehead atoms. The van der Waals surface area contributed by atoms with E-state index in [-0.39, 0.29) is 29.4 Å². The third-order valence-electron chi connectivity index (χ3n) is 5.06. The average Bonchev–Trinajstić information content (AvgIpc) is 2.59. The lowest BCUT2D eigenvalue weighted by atomic mass is 9.64. The fourth-order valence-electron chi connectivity index (χ4n) is 3.31. The van der Waals surface area contributed by atoms with E-state index in [9.17, 15) is 0 Å². The summed E-state index contributed by atoms with van der Waals surface area (Å²) in [7, 11) is 1.82. The Labute approximate surface area is 167 Å². The fraction of sp³-hybridized carbons (Fsp3) is 0.400. The minimum Gasteiger partial charge on any atom is -0.356 e. The van der Waals surface area contributed by atoms with Gasteiger partial charge in [-0.3, -0.25) is 9.98 Å². The van der Waals surface area contributed by atoms with Crippen molar-refractivity contribution in [3.05, 3.63) is 65.5 Å². The summed E-state index contributed by atoms with van der Waals surface area (Å²) >= 11 is 0. The van der Waals surface area contributed by atoms with Gasteiger partial charge in [-0.05, 0) is 37.0 Å². The lowest BCUT2D eigenvalue weighted by Gasteiger charge is -2.43. The molecule has 0 atom stereocenters. The number of nitrogens with one attached hydrogen (secondary N) is 2. The van der Waals surface area contributed by atoms with Crippen LogP contribution in [0, 0.1) is 6.92 Å². The molecular formula is C20H27IN4. The van der Waals surface area contributed by atoms with Gasteiger partial charge in [-0.1, -0.05) is 42.8 Å². The Hall–Kier alpha value is -1.63. The SMILES string of the molecule is CN=C(NCc1ncccc1C)NCC1(c2ccccc2)CCC1.I. The number of aromatic nitrogens is 1. The van der Waals surface area contributed by atoms with Crippen molar-refractivity contribution in [1.82, 2.24) is 15.6 Å². The first kappa shape index (κ1) is 19.7. The van der Waals surface area contributed by atoms with E-state index in [2.05, 4.69) is 63.9 Å². The molecule has 134 valence electrons. The summed E-state index contributed by atoms with van der Waals surface area (Å²) in [6.45, 7) is 3.68. The monoisotopic (exact) mass is 450 g/mol. The second-order valence-corrected chi connectivity index (χ2v) is 6.55. The van der Waals surface area contributed by atoms with Crippen LogP contribution in [0.25, 0.3) is 0 Å². The number of nitrogens with zero attached hydrogens (tertiary/aromatic N) is 2. The van der Waals surface area contributed by atoms with Crippen molar-refractivity contribution < 1.29 is 0 Å². The normalized spacial score (nSPS) is 15.7. The topological polar surface area (TPSA) is 49.3 Å². The molecule has 0 aliphatic heterocycles. The molecule has 1 aromatic carbocycles. The Kier molecular flexibility index (Phi) is 7.23. The Morgan fingerprint density at radius 2 is 1.88 bits per heavy atom. The molecule has 1 aliphatic rings. The van der Waals surface area contributed by atoms with Gasteiger partial charge in [0.05, 0.1) is 12.2 Å². The van der Waals surface area contributed by atoms with Crippen LogP contribution in [0.15, 0.2) is 53.7 Å². The van der Waals surface area contributed by atoms with E-state index in [0.29, 0.717) is 6.54 Å². The first-order valence-corrected chi connectivity index (χ1v) is 8.64. The van der Waals surface area contributed by atoms with Crippen molar-refractivity contribution in [3.8, 4) is 0 Å². The smallest absolute Gasteiger partial charge is 0.191 e. The van der Waals surface area contributed by atoms with Gasteiger partial charge in [0.2, 0.25) is 0 Å². The summed E-state index contributed by atoms with van der Waals surface area (Å²) in [5.41, 5.74) is 3.93. The number of halogens is 1. The van der Waals surface area contributed by atoms with Gasteiger partial charge in [-0.15, -0.1) is 24.0 Å². The van der Waals surface area contributed by atoms with E-state index in [4.69, 9.17) is 0 Å². The Balaban J connectivity index is 0.00000225. The van der Waals surface area contributed by atoms with Crippen LogP contribution in [0.3, 0.4) is 0 Å². The highest BCUT2D eigenvalue weighted by Gasteiger charge is 2.38. The van der Waals surface area contributed by atoms with Crippen LogP contribution in [0.4, 0.5) is 0 Å². The number of rotatable bonds is 5. The molecule has 2 aromatic rings. The van der Waals surface area contributed by atoms with Crippen LogP contribution in [0.1, 0.15) is 36.1 Å². The predicted octanol–water partition coefficient (Wildman–Crippen LogP) is 3.79. The van der Waals surface area contributed by atoms with Crippen molar-refractivity contribution in [1.29, 1.82) is 0 Å². The maximum atomic E-state index is 4.42. The molecule has 0 saturated heterocycles. The zero-order chi connectivity index (χ0) is 16.8. The summed E-state index contributed by atoms with van der Waals surface area (Å²) in [4.78, 5) is 8.78. The minimum atomic E-state index is 0. The standard InChI is InChI=1S/C20H26N4.HI/c1-16-8-6-13-22-18(16)14-23-19(21-2)24-15-20(11-7-12-20)17-9-4-3-5-10-17;/h3-6,8-10,13H,7,11-12,14-15H2,1-2H3,(H2,21,23,24);1H. The second-order valence-electron chi connectivity index (χ2n) is 6.55. The molecule has 1 aliphatic carbocycles. The highest BCUT2D eigenvalue weighted by Crippen LogP contribution is 2.43. The van der Waals surface area contributed by atoms with Crippen molar-refractivity contribution in [2.75, 3.05) is 13.6 Å². The number of hydrogen-bond donors (Lipinski definition) is 2. The van der Waals surface area contributed by atoms with Crippen LogP contribution >= 0.6 is 24.0 Å². The van der Waals surface area contributed by atoms with Crippen molar-refractivity contribution in [3.63, 3.8) is 0 Å². The Morgan fingerprint density at radius 3 is 2.48 bits per heavy atom. The van der Waals surface area contributed by atoms with Crippen LogP contribution in [-0.2, 0) is 12.0 Å². The van der Waals surface area contributed by atoms with Crippen molar-refractivity contribution >= 4 is 29.9 Å². The molecule has 1 heterocycles. The van der Waals surface area contributed by atoms with E-state index in [0.717, 1.165) is 18.2 Å². The van der Waals surface area contributed by atoms with Gasteiger partial charge in [0, 0.05) is 25.2 Å². The minimum absolute atomic E-state index is 0. The molecule has 1 aromatic heterocycles. The summed E-state index contributed by atoms with van der Waals surface area (Å²) in [6.07, 6.45) is 5.61. The molecule has 3 rings (SSSR count). The molecular weight excluding hydrogens is 423 g/mol. The first-order chi connectivity index (χ1) is 11.7. The first-order valence-electron chi connectivity index (χ1n) is 8.64. The molecule has 0 radical (unpaired) electrons. The Bertz CT molecular complexity index is 696. The average molecular weight is 450 g/mol. The number of benzene rings is 1. The number of pyridine rings is 1. The van der Waals surface area contributed by atoms with E-state index in [1.807, 2.05) is 19.3 Å². The summed E-state index contributed by atoms with van der Waals surface area (Å²) < 4.78 is 0. The lowest BCUT2D eigenvalue weighted by Crippen LogP contribution is -2.48. The molecule has 0 amide bonds. The van der Waals surface area contributed by atoms with Gasteiger partial charge in [-0.25, -0.2) is 0 Å². The summed E-state index contributed by atoms with van der Waals surface area (Å²) in [5, 5.41) is 6.89. The maximum absolute atomic E-state index is 4.42. The lowest BCUT2D eigenvalue weighted by molar-refractivity contribution is 0.244. The molecule has 0 unspecified atom stereocenters. The number of guanidine groups is 1. The highest BCUT2D eigenvalue weighted by molar-refractivity contribution is 14.0. The highest BCUT2D eigenvalue weighted by atomic mass is 127. The molecule has 1 fully saturated rings. The van der Waals surface area contributed by atoms with Crippen LogP contribution in [-0.4, -0.2) is 24.5 Å². The second kappa shape index (κ2) is 9.17. The number of aliphatic imine (C=N–C) groups is 1. The third kappa shape index (κ3) is 4.71. The van der Waals surface area contributed by atoms with Crippen LogP contribution < -0.4 is 10.6 Å². The van der Waals surface area contributed by atoms with Gasteiger partial charge < -0.3 is 10.6 Å². The van der Waals surface area contributed by atoms with Crippen molar-refractivity contribution in [2.24, 2.45) is 4.99 Å². The molecule has 25 heavy (non-hydrogen) atoms. The summed E-state index contributed by atoms with van der Waals surface area (Å²) in [5.74, 6) is 0.835.